The van der Waals surface area contributed by atoms with Crippen molar-refractivity contribution in [2.75, 3.05) is 23.7 Å². The molecule has 0 aromatic heterocycles. The van der Waals surface area contributed by atoms with Crippen LogP contribution in [0.1, 0.15) is 12.8 Å². The Morgan fingerprint density at radius 3 is 2.88 bits per heavy atom. The van der Waals surface area contributed by atoms with Gasteiger partial charge in [-0.3, -0.25) is 4.79 Å². The number of rotatable bonds is 2. The molecule has 0 radical (unpaired) electrons. The largest absolute Gasteiger partial charge is 0.397 e. The van der Waals surface area contributed by atoms with Crippen LogP contribution >= 0.6 is 15.9 Å². The van der Waals surface area contributed by atoms with Crippen LogP contribution in [0.3, 0.4) is 0 Å². The normalized spacial score (nSPS) is 20.3. The third-order valence-electron chi connectivity index (χ3n) is 3.15. The molecule has 1 unspecified atom stereocenters. The number of nitrogen functional groups attached to an aromatic ring is 1. The quantitative estimate of drug-likeness (QED) is 0.817. The fourth-order valence-electron chi connectivity index (χ4n) is 2.24. The molecule has 2 rings (SSSR count). The minimum Gasteiger partial charge on any atom is -0.397 e. The van der Waals surface area contributed by atoms with Gasteiger partial charge in [0.25, 0.3) is 0 Å². The van der Waals surface area contributed by atoms with E-state index in [1.165, 1.54) is 0 Å². The number of benzene rings is 1. The van der Waals surface area contributed by atoms with Gasteiger partial charge in [0.05, 0.1) is 17.3 Å². The van der Waals surface area contributed by atoms with Crippen molar-refractivity contribution < 1.29 is 4.79 Å². The van der Waals surface area contributed by atoms with Gasteiger partial charge >= 0.3 is 0 Å². The minimum atomic E-state index is -0.217. The van der Waals surface area contributed by atoms with Gasteiger partial charge in [0.15, 0.2) is 0 Å². The third kappa shape index (κ3) is 2.72. The van der Waals surface area contributed by atoms with Crippen LogP contribution in [0, 0.1) is 5.92 Å². The Balaban J connectivity index is 2.19. The molecule has 0 bridgehead atoms. The number of hydrogen-bond donors (Lipinski definition) is 2. The standard InChI is InChI=1S/C12H16BrN3O/c13-9-3-4-11(10(14)6-9)16-5-1-2-8(7-16)12(15)17/h3-4,6,8H,1-2,5,7,14H2,(H2,15,17). The van der Waals surface area contributed by atoms with Gasteiger partial charge in [-0.1, -0.05) is 15.9 Å². The molecule has 5 heteroatoms. The fraction of sp³-hybridized carbons (Fsp3) is 0.417. The first-order valence-corrected chi connectivity index (χ1v) is 6.46. The van der Waals surface area contributed by atoms with Gasteiger partial charge in [0.1, 0.15) is 0 Å². The molecule has 4 nitrogen and oxygen atoms in total. The van der Waals surface area contributed by atoms with E-state index in [1.807, 2.05) is 18.2 Å². The molecule has 17 heavy (non-hydrogen) atoms. The van der Waals surface area contributed by atoms with Crippen molar-refractivity contribution >= 4 is 33.2 Å². The van der Waals surface area contributed by atoms with E-state index in [2.05, 4.69) is 20.8 Å². The van der Waals surface area contributed by atoms with E-state index in [1.54, 1.807) is 0 Å². The molecule has 1 aliphatic rings. The zero-order valence-corrected chi connectivity index (χ0v) is 11.1. The lowest BCUT2D eigenvalue weighted by Gasteiger charge is -2.33. The Morgan fingerprint density at radius 1 is 1.47 bits per heavy atom. The van der Waals surface area contributed by atoms with Crippen LogP contribution in [0.5, 0.6) is 0 Å². The second-order valence-corrected chi connectivity index (χ2v) is 5.31. The molecular formula is C12H16BrN3O. The van der Waals surface area contributed by atoms with Crippen LogP contribution in [0.2, 0.25) is 0 Å². The first-order valence-electron chi connectivity index (χ1n) is 5.67. The predicted molar refractivity (Wildman–Crippen MR) is 72.7 cm³/mol. The van der Waals surface area contributed by atoms with Crippen LogP contribution in [-0.4, -0.2) is 19.0 Å². The summed E-state index contributed by atoms with van der Waals surface area (Å²) >= 11 is 3.38. The highest BCUT2D eigenvalue weighted by Gasteiger charge is 2.24. The average molecular weight is 298 g/mol. The highest BCUT2D eigenvalue weighted by atomic mass is 79.9. The van der Waals surface area contributed by atoms with Gasteiger partial charge in [0.2, 0.25) is 5.91 Å². The molecule has 1 amide bonds. The fourth-order valence-corrected chi connectivity index (χ4v) is 2.62. The van der Waals surface area contributed by atoms with Crippen LogP contribution in [0.4, 0.5) is 11.4 Å². The topological polar surface area (TPSA) is 72.4 Å². The van der Waals surface area contributed by atoms with Gasteiger partial charge in [-0.25, -0.2) is 0 Å². The number of carbonyl (C=O) groups excluding carboxylic acids is 1. The van der Waals surface area contributed by atoms with Crippen molar-refractivity contribution in [2.45, 2.75) is 12.8 Å². The summed E-state index contributed by atoms with van der Waals surface area (Å²) in [6.07, 6.45) is 1.85. The molecule has 1 aliphatic heterocycles. The molecule has 4 N–H and O–H groups in total. The number of amides is 1. The van der Waals surface area contributed by atoms with Crippen LogP contribution in [-0.2, 0) is 4.79 Å². The number of nitrogens with two attached hydrogens (primary N) is 2. The molecule has 0 aliphatic carbocycles. The molecular weight excluding hydrogens is 282 g/mol. The minimum absolute atomic E-state index is 0.0632. The van der Waals surface area contributed by atoms with Crippen LogP contribution in [0.15, 0.2) is 22.7 Å². The van der Waals surface area contributed by atoms with E-state index < -0.39 is 0 Å². The molecule has 0 spiro atoms. The molecule has 0 saturated carbocycles. The summed E-state index contributed by atoms with van der Waals surface area (Å²) in [7, 11) is 0. The van der Waals surface area contributed by atoms with E-state index in [0.29, 0.717) is 6.54 Å². The first-order chi connectivity index (χ1) is 8.08. The summed E-state index contributed by atoms with van der Waals surface area (Å²) in [6, 6.07) is 5.81. The van der Waals surface area contributed by atoms with Gasteiger partial charge in [-0.15, -0.1) is 0 Å². The first kappa shape index (κ1) is 12.2. The summed E-state index contributed by atoms with van der Waals surface area (Å²) in [6.45, 7) is 1.59. The molecule has 1 heterocycles. The van der Waals surface area contributed by atoms with E-state index in [4.69, 9.17) is 11.5 Å². The lowest BCUT2D eigenvalue weighted by Crippen LogP contribution is -2.41. The summed E-state index contributed by atoms with van der Waals surface area (Å²) in [5.41, 5.74) is 13.1. The summed E-state index contributed by atoms with van der Waals surface area (Å²) in [5, 5.41) is 0. The smallest absolute Gasteiger partial charge is 0.222 e. The van der Waals surface area contributed by atoms with Crippen LogP contribution < -0.4 is 16.4 Å². The Morgan fingerprint density at radius 2 is 2.24 bits per heavy atom. The zero-order valence-electron chi connectivity index (χ0n) is 9.53. The molecule has 1 aromatic carbocycles. The van der Waals surface area contributed by atoms with Crippen molar-refractivity contribution in [3.63, 3.8) is 0 Å². The number of hydrogen-bond acceptors (Lipinski definition) is 3. The van der Waals surface area contributed by atoms with Gasteiger partial charge in [-0.2, -0.15) is 0 Å². The van der Waals surface area contributed by atoms with E-state index in [0.717, 1.165) is 35.2 Å². The predicted octanol–water partition coefficient (Wildman–Crippen LogP) is 1.73. The SMILES string of the molecule is NC(=O)C1CCCN(c2ccc(Br)cc2N)C1. The third-order valence-corrected chi connectivity index (χ3v) is 3.65. The van der Waals surface area contributed by atoms with Gasteiger partial charge in [-0.05, 0) is 31.0 Å². The molecule has 1 fully saturated rings. The maximum Gasteiger partial charge on any atom is 0.222 e. The lowest BCUT2D eigenvalue weighted by molar-refractivity contribution is -0.122. The number of nitrogens with zero attached hydrogens (tertiary/aromatic N) is 1. The molecule has 1 atom stereocenters. The lowest BCUT2D eigenvalue weighted by atomic mass is 9.97. The van der Waals surface area contributed by atoms with Crippen molar-refractivity contribution in [3.05, 3.63) is 22.7 Å². The molecule has 1 aromatic rings. The van der Waals surface area contributed by atoms with Crippen molar-refractivity contribution in [2.24, 2.45) is 11.7 Å². The number of anilines is 2. The number of halogens is 1. The maximum absolute atomic E-state index is 11.2. The van der Waals surface area contributed by atoms with Crippen molar-refractivity contribution in [1.29, 1.82) is 0 Å². The summed E-state index contributed by atoms with van der Waals surface area (Å²) in [5.74, 6) is -0.280. The maximum atomic E-state index is 11.2. The highest BCUT2D eigenvalue weighted by molar-refractivity contribution is 9.10. The second-order valence-electron chi connectivity index (χ2n) is 4.39. The van der Waals surface area contributed by atoms with E-state index in [-0.39, 0.29) is 11.8 Å². The Hall–Kier alpha value is -1.23. The van der Waals surface area contributed by atoms with E-state index in [9.17, 15) is 4.79 Å². The molecule has 1 saturated heterocycles. The highest BCUT2D eigenvalue weighted by Crippen LogP contribution is 2.30. The monoisotopic (exact) mass is 297 g/mol. The average Bonchev–Trinajstić information content (AvgIpc) is 2.29. The Bertz CT molecular complexity index is 436. The second kappa shape index (κ2) is 4.96. The zero-order chi connectivity index (χ0) is 12.4. The van der Waals surface area contributed by atoms with Gasteiger partial charge < -0.3 is 16.4 Å². The van der Waals surface area contributed by atoms with Crippen molar-refractivity contribution in [1.82, 2.24) is 0 Å². The van der Waals surface area contributed by atoms with Crippen LogP contribution in [0.25, 0.3) is 0 Å². The van der Waals surface area contributed by atoms with E-state index >= 15 is 0 Å². The summed E-state index contributed by atoms with van der Waals surface area (Å²) < 4.78 is 0.960. The Kier molecular flexibility index (Phi) is 3.57. The Labute approximate surface area is 109 Å². The van der Waals surface area contributed by atoms with Crippen molar-refractivity contribution in [3.8, 4) is 0 Å². The number of carbonyl (C=O) groups is 1. The number of piperidine rings is 1. The van der Waals surface area contributed by atoms with Gasteiger partial charge in [0, 0.05) is 17.6 Å². The molecule has 92 valence electrons. The number of primary amides is 1. The summed E-state index contributed by atoms with van der Waals surface area (Å²) in [4.78, 5) is 13.4.